The maximum absolute atomic E-state index is 13.8. The fourth-order valence-electron chi connectivity index (χ4n) is 4.50. The molecule has 1 unspecified atom stereocenters. The first kappa shape index (κ1) is 19.7. The second-order valence-electron chi connectivity index (χ2n) is 8.07. The molecule has 29 heavy (non-hydrogen) atoms. The third-order valence-electron chi connectivity index (χ3n) is 6.01. The lowest BCUT2D eigenvalue weighted by Crippen LogP contribution is -2.49. The van der Waals surface area contributed by atoms with Gasteiger partial charge < -0.3 is 15.5 Å². The molecule has 0 radical (unpaired) electrons. The molecule has 2 aliphatic rings. The number of fused-ring (bicyclic) bond motifs is 1. The molecule has 0 bridgehead atoms. The molecule has 2 aromatic carbocycles. The Bertz CT molecular complexity index is 888. The number of piperazine rings is 1. The number of nitrogen functional groups attached to an aromatic ring is 1. The summed E-state index contributed by atoms with van der Waals surface area (Å²) in [6.07, 6.45) is 1.78. The van der Waals surface area contributed by atoms with E-state index in [4.69, 9.17) is 5.73 Å². The number of benzene rings is 2. The maximum atomic E-state index is 13.8. The molecule has 2 aromatic rings. The molecule has 4 rings (SSSR count). The van der Waals surface area contributed by atoms with E-state index in [1.54, 1.807) is 6.07 Å². The van der Waals surface area contributed by atoms with Gasteiger partial charge in [-0.15, -0.1) is 0 Å². The Morgan fingerprint density at radius 2 is 1.76 bits per heavy atom. The number of rotatable bonds is 4. The minimum atomic E-state index is -0.279. The zero-order chi connectivity index (χ0) is 20.5. The van der Waals surface area contributed by atoms with Gasteiger partial charge in [0.1, 0.15) is 11.6 Å². The molecular formula is C23H28F2N4. The number of hydrogen-bond donors (Lipinski definition) is 1. The van der Waals surface area contributed by atoms with Crippen molar-refractivity contribution in [1.82, 2.24) is 4.90 Å². The van der Waals surface area contributed by atoms with Gasteiger partial charge in [0.2, 0.25) is 0 Å². The highest BCUT2D eigenvalue weighted by molar-refractivity contribution is 5.75. The third kappa shape index (κ3) is 4.08. The molecule has 2 N–H and O–H groups in total. The van der Waals surface area contributed by atoms with Crippen molar-refractivity contribution in [1.29, 1.82) is 0 Å². The number of halogens is 2. The topological polar surface area (TPSA) is 35.7 Å². The predicted octanol–water partition coefficient (Wildman–Crippen LogP) is 4.02. The molecule has 6 heteroatoms. The molecular weight excluding hydrogens is 370 g/mol. The SMILES string of the molecule is C=C(CN1CCN(c2ccc(F)cc2)CC1)N1c2c(N)cc(F)cc2CCC1C. The first-order valence-electron chi connectivity index (χ1n) is 10.2. The number of nitrogens with zero attached hydrogens (tertiary/aromatic N) is 3. The zero-order valence-corrected chi connectivity index (χ0v) is 16.9. The highest BCUT2D eigenvalue weighted by Gasteiger charge is 2.29. The van der Waals surface area contributed by atoms with E-state index >= 15 is 0 Å². The van der Waals surface area contributed by atoms with Gasteiger partial charge in [-0.1, -0.05) is 6.58 Å². The summed E-state index contributed by atoms with van der Waals surface area (Å²) < 4.78 is 27.0. The van der Waals surface area contributed by atoms with Crippen LogP contribution in [0.5, 0.6) is 0 Å². The van der Waals surface area contributed by atoms with Crippen molar-refractivity contribution in [3.05, 3.63) is 65.9 Å². The van der Waals surface area contributed by atoms with Gasteiger partial charge in [-0.25, -0.2) is 8.78 Å². The molecule has 2 aliphatic heterocycles. The molecule has 0 saturated carbocycles. The van der Waals surface area contributed by atoms with Crippen molar-refractivity contribution >= 4 is 17.1 Å². The number of anilines is 3. The first-order valence-corrected chi connectivity index (χ1v) is 10.2. The Hall–Kier alpha value is -2.60. The van der Waals surface area contributed by atoms with E-state index in [9.17, 15) is 8.78 Å². The standard InChI is InChI=1S/C23H28F2N4/c1-16-3-4-18-13-20(25)14-22(26)23(18)29(16)17(2)15-27-9-11-28(12-10-27)21-7-5-19(24)6-8-21/h5-8,13-14,16H,2-4,9-12,15,26H2,1H3. The molecule has 0 aliphatic carbocycles. The fourth-order valence-corrected chi connectivity index (χ4v) is 4.50. The summed E-state index contributed by atoms with van der Waals surface area (Å²) in [7, 11) is 0. The van der Waals surface area contributed by atoms with E-state index in [1.807, 2.05) is 12.1 Å². The van der Waals surface area contributed by atoms with Crippen molar-refractivity contribution < 1.29 is 8.78 Å². The van der Waals surface area contributed by atoms with Crippen LogP contribution in [0, 0.1) is 11.6 Å². The maximum Gasteiger partial charge on any atom is 0.125 e. The van der Waals surface area contributed by atoms with E-state index in [0.717, 1.165) is 68.2 Å². The van der Waals surface area contributed by atoms with Gasteiger partial charge in [-0.2, -0.15) is 0 Å². The van der Waals surface area contributed by atoms with Gasteiger partial charge >= 0.3 is 0 Å². The van der Waals surface area contributed by atoms with Crippen LogP contribution in [-0.2, 0) is 6.42 Å². The molecule has 1 atom stereocenters. The Labute approximate surface area is 171 Å². The van der Waals surface area contributed by atoms with Crippen LogP contribution in [0.4, 0.5) is 25.8 Å². The van der Waals surface area contributed by atoms with Crippen LogP contribution in [0.1, 0.15) is 18.9 Å². The molecule has 0 spiro atoms. The molecule has 0 aromatic heterocycles. The van der Waals surface area contributed by atoms with Crippen LogP contribution in [0.15, 0.2) is 48.7 Å². The van der Waals surface area contributed by atoms with Crippen molar-refractivity contribution in [2.75, 3.05) is 48.3 Å². The predicted molar refractivity (Wildman–Crippen MR) is 115 cm³/mol. The average molecular weight is 399 g/mol. The van der Waals surface area contributed by atoms with Gasteiger partial charge in [0.05, 0.1) is 11.4 Å². The van der Waals surface area contributed by atoms with Gasteiger partial charge in [0.15, 0.2) is 0 Å². The lowest BCUT2D eigenvalue weighted by atomic mass is 9.94. The summed E-state index contributed by atoms with van der Waals surface area (Å²) in [6, 6.07) is 9.95. The van der Waals surface area contributed by atoms with Gasteiger partial charge in [-0.3, -0.25) is 4.90 Å². The van der Waals surface area contributed by atoms with Gasteiger partial charge in [-0.05, 0) is 61.7 Å². The highest BCUT2D eigenvalue weighted by Crippen LogP contribution is 2.38. The second kappa shape index (κ2) is 8.03. The molecule has 1 fully saturated rings. The van der Waals surface area contributed by atoms with Crippen LogP contribution in [0.3, 0.4) is 0 Å². The van der Waals surface area contributed by atoms with E-state index < -0.39 is 0 Å². The Morgan fingerprint density at radius 3 is 2.45 bits per heavy atom. The molecule has 1 saturated heterocycles. The fraction of sp³-hybridized carbons (Fsp3) is 0.391. The molecule has 0 amide bonds. The minimum Gasteiger partial charge on any atom is -0.397 e. The summed E-state index contributed by atoms with van der Waals surface area (Å²) in [4.78, 5) is 6.85. The molecule has 4 nitrogen and oxygen atoms in total. The number of hydrogen-bond acceptors (Lipinski definition) is 4. The third-order valence-corrected chi connectivity index (χ3v) is 6.01. The molecule has 2 heterocycles. The largest absolute Gasteiger partial charge is 0.397 e. The normalized spacial score (nSPS) is 19.9. The number of nitrogens with two attached hydrogens (primary N) is 1. The second-order valence-corrected chi connectivity index (χ2v) is 8.07. The van der Waals surface area contributed by atoms with Gasteiger partial charge in [0.25, 0.3) is 0 Å². The van der Waals surface area contributed by atoms with Crippen molar-refractivity contribution in [2.45, 2.75) is 25.8 Å². The first-order chi connectivity index (χ1) is 13.9. The average Bonchev–Trinajstić information content (AvgIpc) is 2.69. The van der Waals surface area contributed by atoms with Crippen LogP contribution in [0.2, 0.25) is 0 Å². The van der Waals surface area contributed by atoms with E-state index in [1.165, 1.54) is 18.2 Å². The van der Waals surface area contributed by atoms with E-state index in [2.05, 4.69) is 28.2 Å². The van der Waals surface area contributed by atoms with Crippen LogP contribution in [0.25, 0.3) is 0 Å². The lowest BCUT2D eigenvalue weighted by Gasteiger charge is -2.42. The highest BCUT2D eigenvalue weighted by atomic mass is 19.1. The van der Waals surface area contributed by atoms with E-state index in [0.29, 0.717) is 5.69 Å². The summed E-state index contributed by atoms with van der Waals surface area (Å²) in [6.45, 7) is 10.9. The zero-order valence-electron chi connectivity index (χ0n) is 16.9. The van der Waals surface area contributed by atoms with Crippen LogP contribution in [-0.4, -0.2) is 43.7 Å². The van der Waals surface area contributed by atoms with E-state index in [-0.39, 0.29) is 17.7 Å². The smallest absolute Gasteiger partial charge is 0.125 e. The molecule has 154 valence electrons. The number of aryl methyl sites for hydroxylation is 1. The van der Waals surface area contributed by atoms with Gasteiger partial charge in [0, 0.05) is 50.2 Å². The summed E-state index contributed by atoms with van der Waals surface area (Å²) >= 11 is 0. The van der Waals surface area contributed by atoms with Crippen LogP contribution >= 0.6 is 0 Å². The summed E-state index contributed by atoms with van der Waals surface area (Å²) in [5.41, 5.74) is 10.6. The van der Waals surface area contributed by atoms with Crippen LogP contribution < -0.4 is 15.5 Å². The monoisotopic (exact) mass is 398 g/mol. The Morgan fingerprint density at radius 1 is 1.07 bits per heavy atom. The minimum absolute atomic E-state index is 0.209. The van der Waals surface area contributed by atoms with Crippen molar-refractivity contribution in [3.8, 4) is 0 Å². The Balaban J connectivity index is 1.42. The summed E-state index contributed by atoms with van der Waals surface area (Å²) in [5.74, 6) is -0.489. The van der Waals surface area contributed by atoms with Crippen molar-refractivity contribution in [3.63, 3.8) is 0 Å². The Kier molecular flexibility index (Phi) is 5.46. The summed E-state index contributed by atoms with van der Waals surface area (Å²) in [5, 5.41) is 0. The lowest BCUT2D eigenvalue weighted by molar-refractivity contribution is 0.275. The quantitative estimate of drug-likeness (QED) is 0.789. The van der Waals surface area contributed by atoms with Crippen molar-refractivity contribution in [2.24, 2.45) is 0 Å².